The number of rotatable bonds is 3. The molecule has 0 saturated carbocycles. The molecule has 0 aromatic heterocycles. The van der Waals surface area contributed by atoms with Crippen LogP contribution >= 0.6 is 0 Å². The van der Waals surface area contributed by atoms with Crippen molar-refractivity contribution in [3.8, 4) is 17.6 Å². The van der Waals surface area contributed by atoms with E-state index < -0.39 is 0 Å². The predicted molar refractivity (Wildman–Crippen MR) is 85.4 cm³/mol. The maximum atomic E-state index is 8.85. The van der Waals surface area contributed by atoms with E-state index in [1.54, 1.807) is 0 Å². The van der Waals surface area contributed by atoms with Gasteiger partial charge in [0.25, 0.3) is 0 Å². The lowest BCUT2D eigenvalue weighted by molar-refractivity contribution is 0.304. The second kappa shape index (κ2) is 6.97. The second-order valence-electron chi connectivity index (χ2n) is 5.18. The van der Waals surface area contributed by atoms with Gasteiger partial charge in [-0.3, -0.25) is 0 Å². The van der Waals surface area contributed by atoms with E-state index in [1.807, 2.05) is 25.1 Å². The minimum absolute atomic E-state index is 0.148. The Balaban J connectivity index is 2.21. The van der Waals surface area contributed by atoms with Gasteiger partial charge in [-0.05, 0) is 49.6 Å². The first-order chi connectivity index (χ1) is 10.1. The molecule has 0 unspecified atom stereocenters. The SMILES string of the molecule is Cc1ccc(OCc2cc(C)ccc2C)c(C#CCO)c1. The predicted octanol–water partition coefficient (Wildman–Crippen LogP) is 3.53. The molecule has 0 spiro atoms. The maximum Gasteiger partial charge on any atom is 0.135 e. The molecule has 2 rings (SSSR count). The van der Waals surface area contributed by atoms with Crippen LogP contribution in [0.15, 0.2) is 36.4 Å². The molecule has 0 bridgehead atoms. The topological polar surface area (TPSA) is 29.5 Å². The summed E-state index contributed by atoms with van der Waals surface area (Å²) in [6.07, 6.45) is 0. The second-order valence-corrected chi connectivity index (χ2v) is 5.18. The maximum absolute atomic E-state index is 8.85. The summed E-state index contributed by atoms with van der Waals surface area (Å²) in [5.41, 5.74) is 5.56. The Morgan fingerprint density at radius 3 is 2.48 bits per heavy atom. The fourth-order valence-electron chi connectivity index (χ4n) is 2.11. The van der Waals surface area contributed by atoms with E-state index >= 15 is 0 Å². The van der Waals surface area contributed by atoms with E-state index in [-0.39, 0.29) is 6.61 Å². The van der Waals surface area contributed by atoms with Crippen molar-refractivity contribution in [2.24, 2.45) is 0 Å². The van der Waals surface area contributed by atoms with Crippen LogP contribution in [0.4, 0.5) is 0 Å². The van der Waals surface area contributed by atoms with E-state index in [0.717, 1.165) is 16.9 Å². The molecular weight excluding hydrogens is 260 g/mol. The molecule has 0 aliphatic rings. The third-order valence-electron chi connectivity index (χ3n) is 3.32. The van der Waals surface area contributed by atoms with Gasteiger partial charge in [0.15, 0.2) is 0 Å². The lowest BCUT2D eigenvalue weighted by atomic mass is 10.1. The fourth-order valence-corrected chi connectivity index (χ4v) is 2.11. The normalized spacial score (nSPS) is 9.90. The number of benzene rings is 2. The van der Waals surface area contributed by atoms with Gasteiger partial charge in [0.2, 0.25) is 0 Å². The molecule has 0 saturated heterocycles. The van der Waals surface area contributed by atoms with Gasteiger partial charge in [-0.1, -0.05) is 41.7 Å². The third-order valence-corrected chi connectivity index (χ3v) is 3.32. The highest BCUT2D eigenvalue weighted by atomic mass is 16.5. The van der Waals surface area contributed by atoms with Crippen molar-refractivity contribution in [1.82, 2.24) is 0 Å². The zero-order valence-corrected chi connectivity index (χ0v) is 12.7. The number of ether oxygens (including phenoxy) is 1. The summed E-state index contributed by atoms with van der Waals surface area (Å²) in [7, 11) is 0. The molecule has 1 N–H and O–H groups in total. The largest absolute Gasteiger partial charge is 0.488 e. The third kappa shape index (κ3) is 4.11. The van der Waals surface area contributed by atoms with Gasteiger partial charge in [0.05, 0.1) is 5.56 Å². The molecule has 108 valence electrons. The zero-order chi connectivity index (χ0) is 15.2. The highest BCUT2D eigenvalue weighted by Gasteiger charge is 2.04. The summed E-state index contributed by atoms with van der Waals surface area (Å²) in [5.74, 6) is 6.37. The van der Waals surface area contributed by atoms with E-state index in [2.05, 4.69) is 43.9 Å². The Morgan fingerprint density at radius 2 is 1.71 bits per heavy atom. The van der Waals surface area contributed by atoms with E-state index in [4.69, 9.17) is 9.84 Å². The summed E-state index contributed by atoms with van der Waals surface area (Å²) in [4.78, 5) is 0. The molecule has 0 amide bonds. The average Bonchev–Trinajstić information content (AvgIpc) is 2.47. The lowest BCUT2D eigenvalue weighted by Crippen LogP contribution is -2.00. The molecule has 2 aromatic carbocycles. The molecule has 2 nitrogen and oxygen atoms in total. The summed E-state index contributed by atoms with van der Waals surface area (Å²) in [6, 6.07) is 12.3. The quantitative estimate of drug-likeness (QED) is 0.871. The number of aliphatic hydroxyl groups excluding tert-OH is 1. The Labute approximate surface area is 126 Å². The van der Waals surface area contributed by atoms with Crippen LogP contribution in [-0.2, 0) is 6.61 Å². The Morgan fingerprint density at radius 1 is 1.00 bits per heavy atom. The van der Waals surface area contributed by atoms with Crippen LogP contribution in [0.25, 0.3) is 0 Å². The van der Waals surface area contributed by atoms with Crippen molar-refractivity contribution in [2.75, 3.05) is 6.61 Å². The van der Waals surface area contributed by atoms with Gasteiger partial charge in [-0.15, -0.1) is 0 Å². The van der Waals surface area contributed by atoms with Gasteiger partial charge in [-0.2, -0.15) is 0 Å². The van der Waals surface area contributed by atoms with Crippen molar-refractivity contribution in [3.05, 3.63) is 64.2 Å². The van der Waals surface area contributed by atoms with Gasteiger partial charge in [0, 0.05) is 0 Å². The molecule has 2 aromatic rings. The first-order valence-electron chi connectivity index (χ1n) is 6.99. The lowest BCUT2D eigenvalue weighted by Gasteiger charge is -2.11. The molecule has 0 heterocycles. The Bertz CT molecular complexity index is 690. The Hall–Kier alpha value is -2.24. The molecule has 21 heavy (non-hydrogen) atoms. The summed E-state index contributed by atoms with van der Waals surface area (Å²) in [5, 5.41) is 8.85. The van der Waals surface area contributed by atoms with Crippen molar-refractivity contribution in [1.29, 1.82) is 0 Å². The molecule has 0 aliphatic carbocycles. The number of aliphatic hydroxyl groups is 1. The van der Waals surface area contributed by atoms with Gasteiger partial charge in [-0.25, -0.2) is 0 Å². The summed E-state index contributed by atoms with van der Waals surface area (Å²) >= 11 is 0. The molecule has 0 radical (unpaired) electrons. The van der Waals surface area contributed by atoms with Crippen molar-refractivity contribution in [2.45, 2.75) is 27.4 Å². The van der Waals surface area contributed by atoms with Crippen molar-refractivity contribution >= 4 is 0 Å². The minimum Gasteiger partial charge on any atom is -0.488 e. The molecule has 2 heteroatoms. The summed E-state index contributed by atoms with van der Waals surface area (Å²) in [6.45, 7) is 6.54. The van der Waals surface area contributed by atoms with Crippen LogP contribution in [0.3, 0.4) is 0 Å². The molecule has 0 atom stereocenters. The van der Waals surface area contributed by atoms with Crippen LogP contribution < -0.4 is 4.74 Å². The number of hydrogen-bond donors (Lipinski definition) is 1. The standard InChI is InChI=1S/C19H20O2/c1-14-6-8-16(3)18(12-14)13-21-19-9-7-15(2)11-17(19)5-4-10-20/h6-9,11-12,20H,10,13H2,1-3H3. The fraction of sp³-hybridized carbons (Fsp3) is 0.263. The zero-order valence-electron chi connectivity index (χ0n) is 12.7. The first kappa shape index (κ1) is 15.2. The van der Waals surface area contributed by atoms with Crippen LogP contribution in [0.2, 0.25) is 0 Å². The van der Waals surface area contributed by atoms with Gasteiger partial charge < -0.3 is 9.84 Å². The van der Waals surface area contributed by atoms with Crippen LogP contribution in [0.5, 0.6) is 5.75 Å². The average molecular weight is 280 g/mol. The van der Waals surface area contributed by atoms with Gasteiger partial charge >= 0.3 is 0 Å². The van der Waals surface area contributed by atoms with E-state index in [9.17, 15) is 0 Å². The van der Waals surface area contributed by atoms with E-state index in [0.29, 0.717) is 6.61 Å². The molecular formula is C19H20O2. The minimum atomic E-state index is -0.148. The van der Waals surface area contributed by atoms with E-state index in [1.165, 1.54) is 16.7 Å². The number of hydrogen-bond acceptors (Lipinski definition) is 2. The van der Waals surface area contributed by atoms with Crippen molar-refractivity contribution in [3.63, 3.8) is 0 Å². The smallest absolute Gasteiger partial charge is 0.135 e. The van der Waals surface area contributed by atoms with Crippen LogP contribution in [0.1, 0.15) is 27.8 Å². The first-order valence-corrected chi connectivity index (χ1v) is 6.99. The highest BCUT2D eigenvalue weighted by Crippen LogP contribution is 2.21. The Kier molecular flexibility index (Phi) is 5.03. The van der Waals surface area contributed by atoms with Gasteiger partial charge in [0.1, 0.15) is 19.0 Å². The monoisotopic (exact) mass is 280 g/mol. The van der Waals surface area contributed by atoms with Crippen LogP contribution in [0, 0.1) is 32.6 Å². The van der Waals surface area contributed by atoms with Crippen LogP contribution in [-0.4, -0.2) is 11.7 Å². The number of aryl methyl sites for hydroxylation is 3. The molecule has 0 fully saturated rings. The summed E-state index contributed by atoms with van der Waals surface area (Å²) < 4.78 is 5.93. The van der Waals surface area contributed by atoms with Crippen molar-refractivity contribution < 1.29 is 9.84 Å². The molecule has 0 aliphatic heterocycles. The highest BCUT2D eigenvalue weighted by molar-refractivity contribution is 5.48.